The van der Waals surface area contributed by atoms with Crippen molar-refractivity contribution in [3.8, 4) is 17.2 Å². The normalized spacial score (nSPS) is 17.6. The van der Waals surface area contributed by atoms with Gasteiger partial charge in [0, 0.05) is 0 Å². The van der Waals surface area contributed by atoms with Gasteiger partial charge >= 0.3 is 6.36 Å². The van der Waals surface area contributed by atoms with Gasteiger partial charge in [0.05, 0.1) is 23.9 Å². The molecule has 186 valence electrons. The lowest BCUT2D eigenvalue weighted by atomic mass is 9.90. The molecule has 1 fully saturated rings. The van der Waals surface area contributed by atoms with Crippen LogP contribution < -0.4 is 15.0 Å². The molecule has 1 aliphatic heterocycles. The fourth-order valence-electron chi connectivity index (χ4n) is 3.11. The molecule has 0 atom stereocenters. The summed E-state index contributed by atoms with van der Waals surface area (Å²) in [5.74, 6) is -2.66. The molecule has 1 aliphatic rings. The molecule has 1 saturated heterocycles. The van der Waals surface area contributed by atoms with Gasteiger partial charge in [0.2, 0.25) is 0 Å². The maximum absolute atomic E-state index is 13.0. The summed E-state index contributed by atoms with van der Waals surface area (Å²) in [7, 11) is -4.03. The van der Waals surface area contributed by atoms with Gasteiger partial charge in [-0.25, -0.2) is 13.9 Å². The molecule has 2 aromatic rings. The highest BCUT2D eigenvalue weighted by atomic mass is 32.2. The van der Waals surface area contributed by atoms with Crippen molar-refractivity contribution in [2.24, 2.45) is 5.41 Å². The monoisotopic (exact) mass is 505 g/mol. The number of alkyl halides is 3. The van der Waals surface area contributed by atoms with Crippen LogP contribution in [0.4, 0.5) is 13.2 Å². The number of hydroxylamine groups is 1. The molecule has 2 N–H and O–H groups in total. The van der Waals surface area contributed by atoms with Gasteiger partial charge in [0.1, 0.15) is 22.7 Å². The van der Waals surface area contributed by atoms with Crippen molar-refractivity contribution < 1.29 is 50.5 Å². The molecule has 3 rings (SSSR count). The van der Waals surface area contributed by atoms with E-state index in [1.54, 1.807) is 13.8 Å². The third kappa shape index (κ3) is 6.38. The number of carbonyl (C=O) groups is 1. The number of carbonyl (C=O) groups excluding carboxylic acids is 1. The minimum absolute atomic E-state index is 0.122. The SMILES string of the molecule is CC1(C)OCC(CS(=O)(=O)c2ccc(Oc3ccc(OC(F)(F)F)cc3)cc2)(C(=O)NO)CO1. The van der Waals surface area contributed by atoms with Crippen LogP contribution in [0.25, 0.3) is 0 Å². The zero-order chi connectivity index (χ0) is 25.2. The summed E-state index contributed by atoms with van der Waals surface area (Å²) >= 11 is 0. The number of amides is 1. The van der Waals surface area contributed by atoms with E-state index in [4.69, 9.17) is 19.4 Å². The highest BCUT2D eigenvalue weighted by Gasteiger charge is 2.49. The maximum atomic E-state index is 13.0. The topological polar surface area (TPSA) is 120 Å². The van der Waals surface area contributed by atoms with E-state index < -0.39 is 44.8 Å². The van der Waals surface area contributed by atoms with Crippen molar-refractivity contribution in [3.05, 3.63) is 48.5 Å². The zero-order valence-corrected chi connectivity index (χ0v) is 18.9. The second-order valence-corrected chi connectivity index (χ2v) is 10.0. The Labute approximate surface area is 193 Å². The molecule has 9 nitrogen and oxygen atoms in total. The predicted octanol–water partition coefficient (Wildman–Crippen LogP) is 3.43. The maximum Gasteiger partial charge on any atom is 0.573 e. The van der Waals surface area contributed by atoms with Crippen LogP contribution in [0.3, 0.4) is 0 Å². The second kappa shape index (κ2) is 9.41. The summed E-state index contributed by atoms with van der Waals surface area (Å²) in [6.45, 7) is 2.64. The van der Waals surface area contributed by atoms with E-state index in [0.29, 0.717) is 0 Å². The van der Waals surface area contributed by atoms with Gasteiger partial charge in [0.25, 0.3) is 5.91 Å². The van der Waals surface area contributed by atoms with E-state index in [0.717, 1.165) is 12.1 Å². The van der Waals surface area contributed by atoms with Gasteiger partial charge in [-0.15, -0.1) is 13.2 Å². The average Bonchev–Trinajstić information content (AvgIpc) is 2.75. The summed E-state index contributed by atoms with van der Waals surface area (Å²) in [6, 6.07) is 9.87. The van der Waals surface area contributed by atoms with Gasteiger partial charge < -0.3 is 18.9 Å². The Morgan fingerprint density at radius 1 is 1.00 bits per heavy atom. The van der Waals surface area contributed by atoms with Crippen molar-refractivity contribution in [2.45, 2.75) is 30.9 Å². The zero-order valence-electron chi connectivity index (χ0n) is 18.1. The number of ether oxygens (including phenoxy) is 4. The lowest BCUT2D eigenvalue weighted by Crippen LogP contribution is -2.56. The Morgan fingerprint density at radius 3 is 1.94 bits per heavy atom. The second-order valence-electron chi connectivity index (χ2n) is 8.05. The smallest absolute Gasteiger partial charge is 0.457 e. The Hall–Kier alpha value is -2.87. The van der Waals surface area contributed by atoms with Crippen LogP contribution in [0.5, 0.6) is 17.2 Å². The van der Waals surface area contributed by atoms with E-state index >= 15 is 0 Å². The van der Waals surface area contributed by atoms with Crippen LogP contribution in [0.1, 0.15) is 13.8 Å². The molecule has 0 saturated carbocycles. The van der Waals surface area contributed by atoms with Gasteiger partial charge in [0.15, 0.2) is 15.6 Å². The quantitative estimate of drug-likeness (QED) is 0.434. The Balaban J connectivity index is 1.72. The molecule has 34 heavy (non-hydrogen) atoms. The van der Waals surface area contributed by atoms with Crippen molar-refractivity contribution in [2.75, 3.05) is 19.0 Å². The number of hydrogen-bond donors (Lipinski definition) is 2. The highest BCUT2D eigenvalue weighted by molar-refractivity contribution is 7.91. The van der Waals surface area contributed by atoms with Crippen molar-refractivity contribution in [1.29, 1.82) is 0 Å². The molecule has 0 aromatic heterocycles. The molecule has 0 unspecified atom stereocenters. The fraction of sp³-hybridized carbons (Fsp3) is 0.381. The molecule has 2 aromatic carbocycles. The highest BCUT2D eigenvalue weighted by Crippen LogP contribution is 2.34. The molecule has 0 spiro atoms. The van der Waals surface area contributed by atoms with Crippen LogP contribution in [-0.2, 0) is 24.1 Å². The third-order valence-electron chi connectivity index (χ3n) is 4.92. The van der Waals surface area contributed by atoms with E-state index in [1.807, 2.05) is 0 Å². The third-order valence-corrected chi connectivity index (χ3v) is 6.84. The summed E-state index contributed by atoms with van der Waals surface area (Å²) in [4.78, 5) is 12.2. The minimum Gasteiger partial charge on any atom is -0.457 e. The van der Waals surface area contributed by atoms with E-state index in [1.165, 1.54) is 41.9 Å². The van der Waals surface area contributed by atoms with Crippen LogP contribution >= 0.6 is 0 Å². The van der Waals surface area contributed by atoms with Gasteiger partial charge in [-0.05, 0) is 62.4 Å². The number of hydrogen-bond acceptors (Lipinski definition) is 8. The molecule has 13 heteroatoms. The fourth-order valence-corrected chi connectivity index (χ4v) is 4.86. The number of rotatable bonds is 7. The lowest BCUT2D eigenvalue weighted by molar-refractivity contribution is -0.277. The molecule has 0 bridgehead atoms. The first-order valence-corrected chi connectivity index (χ1v) is 11.5. The lowest BCUT2D eigenvalue weighted by Gasteiger charge is -2.41. The molecule has 0 radical (unpaired) electrons. The van der Waals surface area contributed by atoms with Crippen LogP contribution in [-0.4, -0.2) is 50.6 Å². The summed E-state index contributed by atoms with van der Waals surface area (Å²) in [5, 5.41) is 9.11. The molecular weight excluding hydrogens is 483 g/mol. The standard InChI is InChI=1S/C21H22F3NO8S/c1-19(2)30-11-20(12-31-19,18(26)25-27)13-34(28,29)17-9-7-15(8-10-17)32-14-3-5-16(6-4-14)33-21(22,23)24/h3-10,27H,11-13H2,1-2H3,(H,25,26). The number of sulfone groups is 1. The van der Waals surface area contributed by atoms with Gasteiger partial charge in [-0.3, -0.25) is 10.0 Å². The largest absolute Gasteiger partial charge is 0.573 e. The molecule has 1 amide bonds. The van der Waals surface area contributed by atoms with Crippen LogP contribution in [0, 0.1) is 5.41 Å². The number of halogens is 3. The van der Waals surface area contributed by atoms with Gasteiger partial charge in [-0.1, -0.05) is 0 Å². The van der Waals surface area contributed by atoms with Crippen molar-refractivity contribution >= 4 is 15.7 Å². The van der Waals surface area contributed by atoms with Crippen molar-refractivity contribution in [1.82, 2.24) is 5.48 Å². The van der Waals surface area contributed by atoms with E-state index in [9.17, 15) is 26.4 Å². The average molecular weight is 505 g/mol. The Kier molecular flexibility index (Phi) is 7.12. The van der Waals surface area contributed by atoms with Crippen LogP contribution in [0.2, 0.25) is 0 Å². The van der Waals surface area contributed by atoms with E-state index in [-0.39, 0.29) is 29.6 Å². The molecule has 1 heterocycles. The minimum atomic E-state index is -4.81. The first kappa shape index (κ1) is 25.7. The van der Waals surface area contributed by atoms with Crippen molar-refractivity contribution in [3.63, 3.8) is 0 Å². The summed E-state index contributed by atoms with van der Waals surface area (Å²) in [5.41, 5.74) is -0.193. The predicted molar refractivity (Wildman–Crippen MR) is 110 cm³/mol. The number of benzene rings is 2. The number of nitrogens with one attached hydrogen (secondary N) is 1. The first-order chi connectivity index (χ1) is 15.7. The Bertz CT molecular complexity index is 1110. The van der Waals surface area contributed by atoms with E-state index in [2.05, 4.69) is 4.74 Å². The molecule has 0 aliphatic carbocycles. The summed E-state index contributed by atoms with van der Waals surface area (Å²) < 4.78 is 82.9. The van der Waals surface area contributed by atoms with Crippen LogP contribution in [0.15, 0.2) is 53.4 Å². The molecular formula is C21H22F3NO8S. The summed E-state index contributed by atoms with van der Waals surface area (Å²) in [6.07, 6.45) is -4.81. The first-order valence-electron chi connectivity index (χ1n) is 9.83. The Morgan fingerprint density at radius 2 is 1.47 bits per heavy atom. The van der Waals surface area contributed by atoms with Gasteiger partial charge in [-0.2, -0.15) is 0 Å².